The van der Waals surface area contributed by atoms with Gasteiger partial charge in [0.15, 0.2) is 5.82 Å². The van der Waals surface area contributed by atoms with Crippen LogP contribution >= 0.6 is 11.6 Å². The Morgan fingerprint density at radius 2 is 1.69 bits per heavy atom. The van der Waals surface area contributed by atoms with Gasteiger partial charge in [-0.3, -0.25) is 28.2 Å². The molecule has 0 aliphatic heterocycles. The van der Waals surface area contributed by atoms with Gasteiger partial charge in [-0.15, -0.1) is 0 Å². The smallest absolute Gasteiger partial charge is 0.293 e. The number of anilines is 1. The van der Waals surface area contributed by atoms with Gasteiger partial charge in [0.1, 0.15) is 41.2 Å². The predicted molar refractivity (Wildman–Crippen MR) is 213 cm³/mol. The summed E-state index contributed by atoms with van der Waals surface area (Å²) in [6, 6.07) is 13.7. The first-order valence-corrected chi connectivity index (χ1v) is 21.0. The van der Waals surface area contributed by atoms with Crippen LogP contribution in [0.1, 0.15) is 53.1 Å². The average Bonchev–Trinajstić information content (AvgIpc) is 3.72. The van der Waals surface area contributed by atoms with Gasteiger partial charge < -0.3 is 5.32 Å². The summed E-state index contributed by atoms with van der Waals surface area (Å²) in [6.07, 6.45) is -2.85. The van der Waals surface area contributed by atoms with Gasteiger partial charge in [0.05, 0.1) is 44.8 Å². The zero-order valence-electron chi connectivity index (χ0n) is 32.1. The van der Waals surface area contributed by atoms with Gasteiger partial charge in [-0.05, 0) is 77.6 Å². The first kappa shape index (κ1) is 41.1. The maximum atomic E-state index is 15.5. The molecule has 1 amide bonds. The van der Waals surface area contributed by atoms with Crippen LogP contribution in [0, 0.1) is 23.4 Å². The molecule has 1 saturated carbocycles. The number of nitrogens with one attached hydrogen (secondary N) is 2. The van der Waals surface area contributed by atoms with E-state index in [0.29, 0.717) is 21.9 Å². The highest BCUT2D eigenvalue weighted by atomic mass is 35.5. The SMILES string of the molecule is Cn1nc(NS(C)(=O)=O)c2c(Cl)ccc(-n3c([C@H](Cc4cc(F)cc(F)c4)NC(=O)Cn4nc(C(F)F)c5c4C(F)(F)[C@@H]4C[C@H]54)nc4cc(-c5cccc(F)c5)ccc4c3=O)c21. The Morgan fingerprint density at radius 1 is 0.968 bits per heavy atom. The van der Waals surface area contributed by atoms with Crippen molar-refractivity contribution in [2.24, 2.45) is 13.0 Å². The number of hydrogen-bond acceptors (Lipinski definition) is 7. The summed E-state index contributed by atoms with van der Waals surface area (Å²) in [4.78, 5) is 33.9. The van der Waals surface area contributed by atoms with Gasteiger partial charge in [-0.2, -0.15) is 19.0 Å². The van der Waals surface area contributed by atoms with Crippen molar-refractivity contribution in [3.63, 3.8) is 0 Å². The molecule has 12 nitrogen and oxygen atoms in total. The molecule has 7 aromatic rings. The minimum atomic E-state index is -3.93. The molecule has 9 rings (SSSR count). The molecule has 0 saturated heterocycles. The molecule has 0 unspecified atom stereocenters. The third-order valence-electron chi connectivity index (χ3n) is 11.0. The fourth-order valence-corrected chi connectivity index (χ4v) is 9.16. The normalized spacial score (nSPS) is 17.1. The Morgan fingerprint density at radius 3 is 2.39 bits per heavy atom. The fourth-order valence-electron chi connectivity index (χ4n) is 8.43. The number of carbonyl (C=O) groups is 1. The van der Waals surface area contributed by atoms with E-state index in [9.17, 15) is 40.0 Å². The molecule has 3 aromatic heterocycles. The second-order valence-corrected chi connectivity index (χ2v) is 17.4. The van der Waals surface area contributed by atoms with Crippen molar-refractivity contribution in [2.75, 3.05) is 11.0 Å². The number of hydrogen-bond donors (Lipinski definition) is 2. The van der Waals surface area contributed by atoms with Crippen molar-refractivity contribution in [3.05, 3.63) is 134 Å². The van der Waals surface area contributed by atoms with Gasteiger partial charge in [-0.1, -0.05) is 29.8 Å². The van der Waals surface area contributed by atoms with E-state index >= 15 is 8.78 Å². The molecule has 320 valence electrons. The van der Waals surface area contributed by atoms with E-state index in [1.165, 1.54) is 54.2 Å². The van der Waals surface area contributed by atoms with Gasteiger partial charge in [0, 0.05) is 31.0 Å². The Labute approximate surface area is 351 Å². The van der Waals surface area contributed by atoms with E-state index in [0.717, 1.165) is 23.0 Å². The second kappa shape index (κ2) is 14.7. The fraction of sp³-hybridized carbons (Fsp3) is 0.244. The molecule has 2 aliphatic carbocycles. The molecular weight excluding hydrogens is 869 g/mol. The number of carbonyl (C=O) groups excluding carboxylic acids is 1. The number of alkyl halides is 4. The summed E-state index contributed by atoms with van der Waals surface area (Å²) in [5.74, 6) is -9.76. The van der Waals surface area contributed by atoms with Crippen LogP contribution in [0.4, 0.5) is 36.6 Å². The number of benzene rings is 4. The first-order valence-electron chi connectivity index (χ1n) is 18.8. The summed E-state index contributed by atoms with van der Waals surface area (Å²) in [5, 5.41) is 10.7. The molecule has 21 heteroatoms. The number of aromatic nitrogens is 6. The molecule has 2 aliphatic rings. The largest absolute Gasteiger partial charge is 0.344 e. The zero-order valence-corrected chi connectivity index (χ0v) is 33.7. The quantitative estimate of drug-likeness (QED) is 0.126. The van der Waals surface area contributed by atoms with Crippen molar-refractivity contribution < 1.29 is 43.9 Å². The molecular formula is C41H30ClF7N8O4S. The lowest BCUT2D eigenvalue weighted by atomic mass is 10.0. The van der Waals surface area contributed by atoms with Crippen molar-refractivity contribution in [1.29, 1.82) is 0 Å². The second-order valence-electron chi connectivity index (χ2n) is 15.3. The standard InChI is InChI=1S/C41H30ClF7N8O4S/c1-55-35-30(9-8-27(42)33(35)38(53-55)54-62(2,60)61)57-39(51-28-14-20(6-7-24(28)40(57)59)19-4-3-5-21(43)13-19)29(12-18-10-22(44)15-23(45)11-18)50-31(58)17-56-36-32(34(52-56)37(46)47)25-16-26(25)41(36,48)49/h3-11,13-15,25-26,29,37H,12,16-17H2,1-2H3,(H,50,58)(H,53,54)/t25-,26+,29-/m0/s1. The van der Waals surface area contributed by atoms with Crippen LogP contribution in [0.2, 0.25) is 5.02 Å². The van der Waals surface area contributed by atoms with Crippen molar-refractivity contribution >= 4 is 55.2 Å². The zero-order chi connectivity index (χ0) is 44.2. The number of fused-ring (bicyclic) bond motifs is 5. The van der Waals surface area contributed by atoms with Crippen LogP contribution in [0.3, 0.4) is 0 Å². The first-order chi connectivity index (χ1) is 29.3. The minimum absolute atomic E-state index is 0.00710. The number of nitrogens with zero attached hydrogens (tertiary/aromatic N) is 6. The van der Waals surface area contributed by atoms with Gasteiger partial charge in [0.25, 0.3) is 17.9 Å². The highest BCUT2D eigenvalue weighted by Gasteiger charge is 2.67. The Kier molecular flexibility index (Phi) is 9.73. The topological polar surface area (TPSA) is 146 Å². The molecule has 0 radical (unpaired) electrons. The summed E-state index contributed by atoms with van der Waals surface area (Å²) >= 11 is 6.61. The lowest BCUT2D eigenvalue weighted by Gasteiger charge is -2.24. The third-order valence-corrected chi connectivity index (χ3v) is 11.8. The monoisotopic (exact) mass is 898 g/mol. The average molecular weight is 899 g/mol. The van der Waals surface area contributed by atoms with Gasteiger partial charge in [-0.25, -0.2) is 35.4 Å². The van der Waals surface area contributed by atoms with Crippen molar-refractivity contribution in [2.45, 2.75) is 43.7 Å². The van der Waals surface area contributed by atoms with Crippen LogP contribution < -0.4 is 15.6 Å². The summed E-state index contributed by atoms with van der Waals surface area (Å²) in [7, 11) is -2.49. The maximum absolute atomic E-state index is 15.5. The van der Waals surface area contributed by atoms with Crippen molar-refractivity contribution in [1.82, 2.24) is 34.4 Å². The van der Waals surface area contributed by atoms with Gasteiger partial charge in [0.2, 0.25) is 15.9 Å². The molecule has 4 aromatic carbocycles. The molecule has 62 heavy (non-hydrogen) atoms. The van der Waals surface area contributed by atoms with Crippen LogP contribution in [0.5, 0.6) is 0 Å². The summed E-state index contributed by atoms with van der Waals surface area (Å²) in [6.45, 7) is -1.01. The van der Waals surface area contributed by atoms with Crippen LogP contribution in [-0.4, -0.2) is 49.7 Å². The van der Waals surface area contributed by atoms with E-state index in [1.807, 2.05) is 0 Å². The summed E-state index contributed by atoms with van der Waals surface area (Å²) < 4.78 is 133. The third kappa shape index (κ3) is 7.13. The molecule has 0 spiro atoms. The van der Waals surface area contributed by atoms with E-state index in [2.05, 4.69) is 20.2 Å². The van der Waals surface area contributed by atoms with Crippen molar-refractivity contribution in [3.8, 4) is 16.8 Å². The Bertz CT molecular complexity index is 3190. The number of amides is 1. The Hall–Kier alpha value is -6.28. The highest BCUT2D eigenvalue weighted by molar-refractivity contribution is 7.92. The lowest BCUT2D eigenvalue weighted by Crippen LogP contribution is -2.38. The van der Waals surface area contributed by atoms with Gasteiger partial charge >= 0.3 is 0 Å². The number of aryl methyl sites for hydroxylation is 1. The maximum Gasteiger partial charge on any atom is 0.293 e. The van der Waals surface area contributed by atoms with Crippen LogP contribution in [-0.2, 0) is 40.8 Å². The highest BCUT2D eigenvalue weighted by Crippen LogP contribution is 2.68. The van der Waals surface area contributed by atoms with E-state index in [4.69, 9.17) is 16.6 Å². The van der Waals surface area contributed by atoms with Crippen LogP contribution in [0.15, 0.2) is 77.6 Å². The number of sulfonamides is 1. The molecule has 0 bridgehead atoms. The molecule has 1 fully saturated rings. The van der Waals surface area contributed by atoms with Crippen LogP contribution in [0.25, 0.3) is 38.6 Å². The lowest BCUT2D eigenvalue weighted by molar-refractivity contribution is -0.123. The van der Waals surface area contributed by atoms with E-state index in [1.54, 1.807) is 12.1 Å². The molecule has 3 heterocycles. The minimum Gasteiger partial charge on any atom is -0.344 e. The Balaban J connectivity index is 1.26. The van der Waals surface area contributed by atoms with E-state index < -0.39 is 93.5 Å². The molecule has 3 atom stereocenters. The number of halogens is 8. The predicted octanol–water partition coefficient (Wildman–Crippen LogP) is 7.82. The molecule has 2 N–H and O–H groups in total. The van der Waals surface area contributed by atoms with E-state index in [-0.39, 0.29) is 61.7 Å². The summed E-state index contributed by atoms with van der Waals surface area (Å²) in [5.41, 5.74) is -1.92. The number of rotatable bonds is 11.